The lowest BCUT2D eigenvalue weighted by Crippen LogP contribution is -2.40. The number of benzene rings is 1. The average Bonchev–Trinajstić information content (AvgIpc) is 2.60. The molecule has 0 spiro atoms. The molecule has 0 saturated heterocycles. The minimum Gasteiger partial charge on any atom is -0.483 e. The normalized spacial score (nSPS) is 10.7. The van der Waals surface area contributed by atoms with Gasteiger partial charge in [0.2, 0.25) is 0 Å². The van der Waals surface area contributed by atoms with Crippen molar-refractivity contribution in [3.8, 4) is 5.75 Å². The van der Waals surface area contributed by atoms with E-state index in [-0.39, 0.29) is 18.1 Å². The van der Waals surface area contributed by atoms with Gasteiger partial charge in [-0.05, 0) is 37.1 Å². The number of nitrogens with two attached hydrogens (primary N) is 1. The predicted molar refractivity (Wildman–Crippen MR) is 106 cm³/mol. The number of amides is 1. The van der Waals surface area contributed by atoms with E-state index in [1.54, 1.807) is 18.2 Å². The van der Waals surface area contributed by atoms with Crippen molar-refractivity contribution in [2.24, 2.45) is 0 Å². The highest BCUT2D eigenvalue weighted by molar-refractivity contribution is 6.30. The molecule has 8 nitrogen and oxygen atoms in total. The highest BCUT2D eigenvalue weighted by atomic mass is 35.5. The van der Waals surface area contributed by atoms with Crippen LogP contribution in [0.25, 0.3) is 0 Å². The summed E-state index contributed by atoms with van der Waals surface area (Å²) >= 11 is 5.90. The van der Waals surface area contributed by atoms with E-state index in [1.807, 2.05) is 13.8 Å². The third-order valence-corrected chi connectivity index (χ3v) is 4.38. The molecule has 146 valence electrons. The number of carbonyl (C=O) groups is 1. The van der Waals surface area contributed by atoms with Crippen LogP contribution in [0.3, 0.4) is 0 Å². The number of halogens is 1. The first-order valence-corrected chi connectivity index (χ1v) is 8.92. The predicted octanol–water partition coefficient (Wildman–Crippen LogP) is 1.92. The molecule has 0 unspecified atom stereocenters. The van der Waals surface area contributed by atoms with Crippen LogP contribution in [-0.4, -0.2) is 29.1 Å². The monoisotopic (exact) mass is 394 g/mol. The second-order valence-electron chi connectivity index (χ2n) is 6.15. The van der Waals surface area contributed by atoms with Gasteiger partial charge in [0.05, 0.1) is 0 Å². The summed E-state index contributed by atoms with van der Waals surface area (Å²) in [5.74, 6) is -0.0195. The van der Waals surface area contributed by atoms with Crippen LogP contribution in [0.4, 0.5) is 11.5 Å². The molecule has 2 rings (SSSR count). The zero-order valence-corrected chi connectivity index (χ0v) is 16.3. The largest absolute Gasteiger partial charge is 0.483 e. The molecular weight excluding hydrogens is 372 g/mol. The summed E-state index contributed by atoms with van der Waals surface area (Å²) in [6.07, 6.45) is 1.57. The highest BCUT2D eigenvalue weighted by Crippen LogP contribution is 2.22. The van der Waals surface area contributed by atoms with Gasteiger partial charge >= 0.3 is 5.69 Å². The molecule has 27 heavy (non-hydrogen) atoms. The van der Waals surface area contributed by atoms with E-state index in [1.165, 1.54) is 11.6 Å². The lowest BCUT2D eigenvalue weighted by Gasteiger charge is -2.20. The van der Waals surface area contributed by atoms with Crippen LogP contribution in [0.2, 0.25) is 5.02 Å². The third-order valence-electron chi connectivity index (χ3n) is 4.15. The Kier molecular flexibility index (Phi) is 6.68. The van der Waals surface area contributed by atoms with Gasteiger partial charge in [-0.25, -0.2) is 4.79 Å². The number of hydrogen-bond acceptors (Lipinski definition) is 5. The molecule has 1 aromatic carbocycles. The number of aromatic nitrogens is 2. The van der Waals surface area contributed by atoms with Crippen LogP contribution in [-0.2, 0) is 11.3 Å². The van der Waals surface area contributed by atoms with E-state index in [0.717, 1.165) is 16.9 Å². The Morgan fingerprint density at radius 2 is 2.07 bits per heavy atom. The topological polar surface area (TPSA) is 110 Å². The second-order valence-corrected chi connectivity index (χ2v) is 6.59. The number of nitrogens with zero attached hydrogens (tertiary/aromatic N) is 2. The van der Waals surface area contributed by atoms with Gasteiger partial charge in [-0.3, -0.25) is 19.1 Å². The van der Waals surface area contributed by atoms with Crippen molar-refractivity contribution in [1.82, 2.24) is 9.55 Å². The fourth-order valence-corrected chi connectivity index (χ4v) is 2.80. The van der Waals surface area contributed by atoms with Gasteiger partial charge in [0.25, 0.3) is 11.5 Å². The van der Waals surface area contributed by atoms with Crippen LogP contribution in [0, 0.1) is 6.92 Å². The fourth-order valence-electron chi connectivity index (χ4n) is 2.58. The number of anilines is 2. The Hall–Kier alpha value is -2.74. The molecule has 1 amide bonds. The first kappa shape index (κ1) is 20.6. The molecular formula is C18H23ClN4O4. The molecule has 9 heteroatoms. The van der Waals surface area contributed by atoms with E-state index < -0.39 is 17.2 Å². The summed E-state index contributed by atoms with van der Waals surface area (Å²) in [5.41, 5.74) is 5.40. The van der Waals surface area contributed by atoms with Gasteiger partial charge in [-0.1, -0.05) is 24.9 Å². The standard InChI is InChI=1S/C18H23ClN4O4/c1-4-5-8-23-16(20)15(17(25)21-18(23)26)22(3)14(24)10-27-13-7-6-12(19)9-11(13)2/h6-7,9H,4-5,8,10,20H2,1-3H3,(H,21,25,26). The molecule has 0 aliphatic carbocycles. The minimum absolute atomic E-state index is 0.0456. The molecule has 0 aliphatic rings. The maximum atomic E-state index is 12.5. The smallest absolute Gasteiger partial charge is 0.330 e. The highest BCUT2D eigenvalue weighted by Gasteiger charge is 2.21. The number of nitrogen functional groups attached to an aromatic ring is 1. The van der Waals surface area contributed by atoms with Gasteiger partial charge in [0.15, 0.2) is 12.3 Å². The van der Waals surface area contributed by atoms with Crippen molar-refractivity contribution in [3.63, 3.8) is 0 Å². The number of hydrogen-bond donors (Lipinski definition) is 2. The van der Waals surface area contributed by atoms with Crippen molar-refractivity contribution in [2.45, 2.75) is 33.2 Å². The number of aromatic amines is 1. The zero-order valence-electron chi connectivity index (χ0n) is 15.5. The van der Waals surface area contributed by atoms with Crippen molar-refractivity contribution in [3.05, 3.63) is 49.6 Å². The first-order chi connectivity index (χ1) is 12.8. The summed E-state index contributed by atoms with van der Waals surface area (Å²) in [6.45, 7) is 3.83. The quantitative estimate of drug-likeness (QED) is 0.745. The number of likely N-dealkylation sites (N-methyl/N-ethyl adjacent to an activating group) is 1. The van der Waals surface area contributed by atoms with Gasteiger partial charge in [-0.2, -0.15) is 0 Å². The second kappa shape index (κ2) is 8.77. The molecule has 0 aliphatic heterocycles. The van der Waals surface area contributed by atoms with Crippen molar-refractivity contribution < 1.29 is 9.53 Å². The molecule has 0 atom stereocenters. The number of rotatable bonds is 7. The number of aryl methyl sites for hydroxylation is 1. The van der Waals surface area contributed by atoms with Crippen LogP contribution < -0.4 is 26.6 Å². The SMILES string of the molecule is CCCCn1c(N)c(N(C)C(=O)COc2ccc(Cl)cc2C)c(=O)[nH]c1=O. The number of ether oxygens (including phenoxy) is 1. The minimum atomic E-state index is -0.719. The van der Waals surface area contributed by atoms with Crippen molar-refractivity contribution in [1.29, 1.82) is 0 Å². The molecule has 0 saturated carbocycles. The van der Waals surface area contributed by atoms with Crippen LogP contribution >= 0.6 is 11.6 Å². The van der Waals surface area contributed by atoms with Crippen LogP contribution in [0.15, 0.2) is 27.8 Å². The summed E-state index contributed by atoms with van der Waals surface area (Å²) < 4.78 is 6.78. The summed E-state index contributed by atoms with van der Waals surface area (Å²) in [5, 5.41) is 0.567. The van der Waals surface area contributed by atoms with E-state index >= 15 is 0 Å². The Labute approximate surface area is 161 Å². The number of carbonyl (C=O) groups excluding carboxylic acids is 1. The van der Waals surface area contributed by atoms with E-state index in [0.29, 0.717) is 23.7 Å². The lowest BCUT2D eigenvalue weighted by molar-refractivity contribution is -0.120. The summed E-state index contributed by atoms with van der Waals surface area (Å²) in [6, 6.07) is 5.04. The Morgan fingerprint density at radius 3 is 2.70 bits per heavy atom. The molecule has 2 aromatic rings. The molecule has 0 bridgehead atoms. The Morgan fingerprint density at radius 1 is 1.37 bits per heavy atom. The summed E-state index contributed by atoms with van der Waals surface area (Å²) in [7, 11) is 1.41. The number of unbranched alkanes of at least 4 members (excludes halogenated alkanes) is 1. The van der Waals surface area contributed by atoms with Crippen LogP contribution in [0.1, 0.15) is 25.3 Å². The lowest BCUT2D eigenvalue weighted by atomic mass is 10.2. The third kappa shape index (κ3) is 4.71. The zero-order chi connectivity index (χ0) is 20.1. The van der Waals surface area contributed by atoms with Gasteiger partial charge in [0.1, 0.15) is 11.6 Å². The van der Waals surface area contributed by atoms with E-state index in [4.69, 9.17) is 22.1 Å². The first-order valence-electron chi connectivity index (χ1n) is 8.54. The van der Waals surface area contributed by atoms with Crippen molar-refractivity contribution in [2.75, 3.05) is 24.3 Å². The van der Waals surface area contributed by atoms with Gasteiger partial charge in [-0.15, -0.1) is 0 Å². The molecule has 1 heterocycles. The maximum Gasteiger partial charge on any atom is 0.330 e. The van der Waals surface area contributed by atoms with Gasteiger partial charge < -0.3 is 15.4 Å². The molecule has 0 radical (unpaired) electrons. The van der Waals surface area contributed by atoms with Gasteiger partial charge in [0, 0.05) is 18.6 Å². The number of nitrogens with one attached hydrogen (secondary N) is 1. The molecule has 3 N–H and O–H groups in total. The maximum absolute atomic E-state index is 12.5. The van der Waals surface area contributed by atoms with E-state index in [9.17, 15) is 14.4 Å². The fraction of sp³-hybridized carbons (Fsp3) is 0.389. The van der Waals surface area contributed by atoms with E-state index in [2.05, 4.69) is 4.98 Å². The van der Waals surface area contributed by atoms with Crippen LogP contribution in [0.5, 0.6) is 5.75 Å². The van der Waals surface area contributed by atoms with Crippen molar-refractivity contribution >= 4 is 29.0 Å². The number of H-pyrrole nitrogens is 1. The Bertz CT molecular complexity index is 951. The molecule has 0 fully saturated rings. The Balaban J connectivity index is 2.23. The average molecular weight is 395 g/mol. The molecule has 1 aromatic heterocycles. The summed E-state index contributed by atoms with van der Waals surface area (Å²) in [4.78, 5) is 40.0.